The summed E-state index contributed by atoms with van der Waals surface area (Å²) in [4.78, 5) is 34.3. The van der Waals surface area contributed by atoms with Gasteiger partial charge in [0.25, 0.3) is 5.69 Å². The van der Waals surface area contributed by atoms with Crippen molar-refractivity contribution < 1.29 is 24.0 Å². The number of hydrogen-bond donors (Lipinski definition) is 2. The van der Waals surface area contributed by atoms with Crippen LogP contribution in [0.5, 0.6) is 0 Å². The number of carbonyl (C=O) groups excluding carboxylic acids is 2. The minimum atomic E-state index is -1.30. The predicted octanol–water partition coefficient (Wildman–Crippen LogP) is 1.56. The third-order valence-electron chi connectivity index (χ3n) is 3.29. The number of benzene rings is 1. The van der Waals surface area contributed by atoms with Gasteiger partial charge in [0.2, 0.25) is 0 Å². The summed E-state index contributed by atoms with van der Waals surface area (Å²) in [5.41, 5.74) is -0.315. The maximum atomic E-state index is 12.3. The van der Waals surface area contributed by atoms with Crippen LogP contribution in [0.1, 0.15) is 17.3 Å². The average molecular weight is 362 g/mol. The molecule has 0 aliphatic heterocycles. The quantitative estimate of drug-likeness (QED) is 0.209. The second kappa shape index (κ2) is 9.85. The second-order valence-electron chi connectivity index (χ2n) is 5.19. The lowest BCUT2D eigenvalue weighted by molar-refractivity contribution is -0.384. The Morgan fingerprint density at radius 1 is 1.46 bits per heavy atom. The van der Waals surface area contributed by atoms with Crippen molar-refractivity contribution in [3.8, 4) is 6.07 Å². The topological polar surface area (TPSA) is 155 Å². The molecule has 0 amide bonds. The third-order valence-corrected chi connectivity index (χ3v) is 3.29. The molecule has 10 nitrogen and oxygen atoms in total. The van der Waals surface area contributed by atoms with E-state index in [2.05, 4.69) is 5.32 Å². The molecule has 0 bridgehead atoms. The van der Waals surface area contributed by atoms with Gasteiger partial charge in [-0.15, -0.1) is 0 Å². The number of hydrogen-bond acceptors (Lipinski definition) is 9. The molecule has 0 fully saturated rings. The molecule has 0 saturated carbocycles. The van der Waals surface area contributed by atoms with Crippen molar-refractivity contribution >= 4 is 28.8 Å². The van der Waals surface area contributed by atoms with E-state index in [-0.39, 0.29) is 22.6 Å². The van der Waals surface area contributed by atoms with Crippen molar-refractivity contribution in [3.05, 3.63) is 33.9 Å². The summed E-state index contributed by atoms with van der Waals surface area (Å²) in [5.74, 6) is -3.00. The number of Topliss-reactive ketones (excluding diaryl/α,β-unsaturated/α-hetero) is 1. The number of nitro groups is 1. The summed E-state index contributed by atoms with van der Waals surface area (Å²) >= 11 is 0. The van der Waals surface area contributed by atoms with E-state index >= 15 is 0 Å². The predicted molar refractivity (Wildman–Crippen MR) is 91.3 cm³/mol. The van der Waals surface area contributed by atoms with Gasteiger partial charge in [0.1, 0.15) is 5.92 Å². The van der Waals surface area contributed by atoms with Gasteiger partial charge in [0.15, 0.2) is 12.4 Å². The smallest absolute Gasteiger partial charge is 0.340 e. The van der Waals surface area contributed by atoms with Gasteiger partial charge in [-0.2, -0.15) is 5.26 Å². The van der Waals surface area contributed by atoms with E-state index in [0.29, 0.717) is 13.2 Å². The lowest BCUT2D eigenvalue weighted by atomic mass is 10.0. The largest absolute Gasteiger partial charge is 0.454 e. The molecule has 1 rings (SSSR count). The molecule has 26 heavy (non-hydrogen) atoms. The van der Waals surface area contributed by atoms with E-state index < -0.39 is 29.2 Å². The first-order valence-electron chi connectivity index (χ1n) is 7.47. The zero-order valence-electron chi connectivity index (χ0n) is 14.3. The van der Waals surface area contributed by atoms with Gasteiger partial charge in [-0.3, -0.25) is 14.9 Å². The molecule has 0 heterocycles. The van der Waals surface area contributed by atoms with Crippen molar-refractivity contribution in [2.75, 3.05) is 32.2 Å². The Morgan fingerprint density at radius 3 is 2.69 bits per heavy atom. The monoisotopic (exact) mass is 362 g/mol. The Hall–Kier alpha value is -3.32. The lowest BCUT2D eigenvalue weighted by Gasteiger charge is -2.12. The number of esters is 1. The number of carbonyl (C=O) groups is 2. The Bertz CT molecular complexity index is 756. The van der Waals surface area contributed by atoms with Crippen LogP contribution in [0.4, 0.5) is 11.4 Å². The van der Waals surface area contributed by atoms with E-state index in [0.717, 1.165) is 6.07 Å². The standard InChI is InChI=1S/C16H18N4O6/c1-10(18)13(8-17)15(21)9-26-16(22)12-7-11(20(23)24)3-4-14(12)19-5-6-25-2/h3-4,7,13,18-19H,5-6,9H2,1-2H3. The van der Waals surface area contributed by atoms with Crippen LogP contribution in [0, 0.1) is 32.8 Å². The number of non-ortho nitro benzene ring substituents is 1. The number of ether oxygens (including phenoxy) is 2. The van der Waals surface area contributed by atoms with Crippen LogP contribution in [-0.4, -0.2) is 49.3 Å². The Morgan fingerprint density at radius 2 is 2.15 bits per heavy atom. The van der Waals surface area contributed by atoms with E-state index in [9.17, 15) is 19.7 Å². The van der Waals surface area contributed by atoms with Crippen molar-refractivity contribution in [1.82, 2.24) is 0 Å². The highest BCUT2D eigenvalue weighted by Gasteiger charge is 2.23. The number of nitro benzene ring substituents is 1. The number of rotatable bonds is 10. The van der Waals surface area contributed by atoms with Gasteiger partial charge in [-0.05, 0) is 13.0 Å². The summed E-state index contributed by atoms with van der Waals surface area (Å²) in [6, 6.07) is 5.26. The Kier molecular flexibility index (Phi) is 7.85. The molecule has 2 N–H and O–H groups in total. The molecule has 1 aromatic carbocycles. The van der Waals surface area contributed by atoms with Gasteiger partial charge < -0.3 is 20.2 Å². The van der Waals surface area contributed by atoms with Crippen LogP contribution in [0.2, 0.25) is 0 Å². The van der Waals surface area contributed by atoms with E-state index in [1.807, 2.05) is 0 Å². The van der Waals surface area contributed by atoms with Gasteiger partial charge in [0, 0.05) is 37.2 Å². The number of nitrogens with one attached hydrogen (secondary N) is 2. The van der Waals surface area contributed by atoms with Crippen LogP contribution in [0.15, 0.2) is 18.2 Å². The van der Waals surface area contributed by atoms with Gasteiger partial charge in [-0.1, -0.05) is 0 Å². The Labute approximate surface area is 149 Å². The fourth-order valence-corrected chi connectivity index (χ4v) is 1.96. The molecule has 0 aromatic heterocycles. The summed E-state index contributed by atoms with van der Waals surface area (Å²) < 4.78 is 9.76. The fraction of sp³-hybridized carbons (Fsp3) is 0.375. The molecule has 138 valence electrons. The molecule has 1 unspecified atom stereocenters. The summed E-state index contributed by atoms with van der Waals surface area (Å²) in [6.45, 7) is 1.27. The molecular formula is C16H18N4O6. The van der Waals surface area contributed by atoms with Gasteiger partial charge in [0.05, 0.1) is 23.2 Å². The number of methoxy groups -OCH3 is 1. The first-order chi connectivity index (χ1) is 12.3. The van der Waals surface area contributed by atoms with Crippen LogP contribution >= 0.6 is 0 Å². The fourth-order valence-electron chi connectivity index (χ4n) is 1.96. The maximum Gasteiger partial charge on any atom is 0.340 e. The second-order valence-corrected chi connectivity index (χ2v) is 5.19. The molecular weight excluding hydrogens is 344 g/mol. The summed E-state index contributed by atoms with van der Waals surface area (Å²) in [7, 11) is 1.50. The lowest BCUT2D eigenvalue weighted by Crippen LogP contribution is -2.26. The zero-order chi connectivity index (χ0) is 19.7. The van der Waals surface area contributed by atoms with Gasteiger partial charge >= 0.3 is 5.97 Å². The highest BCUT2D eigenvalue weighted by molar-refractivity contribution is 6.06. The van der Waals surface area contributed by atoms with Crippen molar-refractivity contribution in [2.24, 2.45) is 5.92 Å². The number of ketones is 1. The molecule has 0 aliphatic carbocycles. The van der Waals surface area contributed by atoms with Crippen LogP contribution in [-0.2, 0) is 14.3 Å². The molecule has 10 heteroatoms. The number of nitrogens with zero attached hydrogens (tertiary/aromatic N) is 2. The highest BCUT2D eigenvalue weighted by atomic mass is 16.6. The maximum absolute atomic E-state index is 12.3. The molecule has 0 aliphatic rings. The molecule has 0 spiro atoms. The number of anilines is 1. The number of nitriles is 1. The minimum Gasteiger partial charge on any atom is -0.454 e. The highest BCUT2D eigenvalue weighted by Crippen LogP contribution is 2.23. The molecule has 0 saturated heterocycles. The van der Waals surface area contributed by atoms with Crippen molar-refractivity contribution in [1.29, 1.82) is 10.7 Å². The zero-order valence-corrected chi connectivity index (χ0v) is 14.3. The first kappa shape index (κ1) is 20.7. The van der Waals surface area contributed by atoms with Crippen LogP contribution < -0.4 is 5.32 Å². The molecule has 1 atom stereocenters. The summed E-state index contributed by atoms with van der Waals surface area (Å²) in [6.07, 6.45) is 0. The normalized spacial score (nSPS) is 11.1. The van der Waals surface area contributed by atoms with E-state index in [1.165, 1.54) is 26.2 Å². The van der Waals surface area contributed by atoms with Crippen LogP contribution in [0.3, 0.4) is 0 Å². The first-order valence-corrected chi connectivity index (χ1v) is 7.47. The van der Waals surface area contributed by atoms with E-state index in [1.54, 1.807) is 6.07 Å². The average Bonchev–Trinajstić information content (AvgIpc) is 2.60. The van der Waals surface area contributed by atoms with Gasteiger partial charge in [-0.25, -0.2) is 4.79 Å². The SMILES string of the molecule is COCCNc1ccc([N+](=O)[O-])cc1C(=O)OCC(=O)C(C#N)C(C)=N. The Balaban J connectivity index is 2.95. The third kappa shape index (κ3) is 5.64. The van der Waals surface area contributed by atoms with E-state index in [4.69, 9.17) is 20.1 Å². The van der Waals surface area contributed by atoms with Crippen molar-refractivity contribution in [2.45, 2.75) is 6.92 Å². The summed E-state index contributed by atoms with van der Waals surface area (Å²) in [5, 5.41) is 30.0. The molecule has 0 radical (unpaired) electrons. The van der Waals surface area contributed by atoms with Crippen LogP contribution in [0.25, 0.3) is 0 Å². The minimum absolute atomic E-state index is 0.122. The molecule has 1 aromatic rings. The van der Waals surface area contributed by atoms with Crippen molar-refractivity contribution in [3.63, 3.8) is 0 Å².